The van der Waals surface area contributed by atoms with Crippen molar-refractivity contribution in [3.63, 3.8) is 0 Å². The highest BCUT2D eigenvalue weighted by atomic mass is 19.1. The number of halogens is 1. The van der Waals surface area contributed by atoms with Gasteiger partial charge in [-0.05, 0) is 54.1 Å². The van der Waals surface area contributed by atoms with Crippen LogP contribution in [0.5, 0.6) is 11.5 Å². The van der Waals surface area contributed by atoms with Crippen molar-refractivity contribution >= 4 is 11.9 Å². The largest absolute Gasteiger partial charge is 0.493 e. The van der Waals surface area contributed by atoms with Gasteiger partial charge in [0.2, 0.25) is 0 Å². The molecule has 0 saturated carbocycles. The second-order valence-corrected chi connectivity index (χ2v) is 6.26. The average molecular weight is 364 g/mol. The third kappa shape index (κ3) is 3.10. The third-order valence-corrected chi connectivity index (χ3v) is 4.59. The molecule has 0 radical (unpaired) electrons. The molecule has 0 bridgehead atoms. The molecule has 2 aromatic carbocycles. The number of hydrogen-bond donors (Lipinski definition) is 1. The molecule has 4 rings (SSSR count). The summed E-state index contributed by atoms with van der Waals surface area (Å²) in [4.78, 5) is 12.7. The highest BCUT2D eigenvalue weighted by Gasteiger charge is 2.27. The number of carbonyl (C=O) groups is 1. The summed E-state index contributed by atoms with van der Waals surface area (Å²) >= 11 is 0. The maximum absolute atomic E-state index is 13.1. The van der Waals surface area contributed by atoms with Gasteiger partial charge in [0, 0.05) is 23.1 Å². The highest BCUT2D eigenvalue weighted by molar-refractivity contribution is 6.15. The molecule has 1 aliphatic rings. The van der Waals surface area contributed by atoms with E-state index in [0.717, 1.165) is 11.1 Å². The number of benzene rings is 2. The number of aromatic nitrogens is 2. The monoisotopic (exact) mass is 364 g/mol. The molecule has 0 spiro atoms. The van der Waals surface area contributed by atoms with Crippen molar-refractivity contribution in [3.8, 4) is 22.8 Å². The molecule has 3 aromatic rings. The van der Waals surface area contributed by atoms with Crippen molar-refractivity contribution in [2.24, 2.45) is 0 Å². The summed E-state index contributed by atoms with van der Waals surface area (Å²) in [5.74, 6) is 0.803. The number of nitrogens with one attached hydrogen (secondary N) is 1. The van der Waals surface area contributed by atoms with Gasteiger partial charge in [0.15, 0.2) is 17.3 Å². The SMILES string of the molecule is COc1cc2c(cc1OC)C(=O)C(=Cc1cc(-c3ccc(F)cc3)n[nH]1)C2. The topological polar surface area (TPSA) is 64.2 Å². The predicted octanol–water partition coefficient (Wildman–Crippen LogP) is 4.06. The van der Waals surface area contributed by atoms with E-state index in [1.54, 1.807) is 38.5 Å². The molecule has 0 fully saturated rings. The molecule has 1 N–H and O–H groups in total. The van der Waals surface area contributed by atoms with Crippen LogP contribution in [-0.4, -0.2) is 30.2 Å². The third-order valence-electron chi connectivity index (χ3n) is 4.59. The van der Waals surface area contributed by atoms with Crippen LogP contribution in [0, 0.1) is 5.82 Å². The minimum absolute atomic E-state index is 0.0381. The molecule has 136 valence electrons. The Hall–Kier alpha value is -3.41. The number of allylic oxidation sites excluding steroid dienone is 1. The Morgan fingerprint density at radius 2 is 1.78 bits per heavy atom. The second kappa shape index (κ2) is 6.72. The first-order chi connectivity index (χ1) is 13.1. The van der Waals surface area contributed by atoms with Gasteiger partial charge >= 0.3 is 0 Å². The molecule has 0 unspecified atom stereocenters. The van der Waals surface area contributed by atoms with E-state index < -0.39 is 0 Å². The molecule has 0 atom stereocenters. The summed E-state index contributed by atoms with van der Waals surface area (Å²) in [6, 6.07) is 11.5. The van der Waals surface area contributed by atoms with E-state index in [1.165, 1.54) is 12.1 Å². The Kier molecular flexibility index (Phi) is 4.24. The van der Waals surface area contributed by atoms with Gasteiger partial charge in [-0.3, -0.25) is 9.89 Å². The molecule has 0 aliphatic heterocycles. The Morgan fingerprint density at radius 1 is 1.07 bits per heavy atom. The molecule has 1 heterocycles. The number of fused-ring (bicyclic) bond motifs is 1. The van der Waals surface area contributed by atoms with E-state index in [9.17, 15) is 9.18 Å². The van der Waals surface area contributed by atoms with Gasteiger partial charge in [-0.25, -0.2) is 4.39 Å². The maximum atomic E-state index is 13.1. The van der Waals surface area contributed by atoms with Crippen LogP contribution in [0.25, 0.3) is 17.3 Å². The lowest BCUT2D eigenvalue weighted by molar-refractivity contribution is 0.104. The Morgan fingerprint density at radius 3 is 2.48 bits per heavy atom. The molecule has 5 nitrogen and oxygen atoms in total. The number of methoxy groups -OCH3 is 2. The minimum atomic E-state index is -0.295. The van der Waals surface area contributed by atoms with Crippen molar-refractivity contribution < 1.29 is 18.7 Å². The van der Waals surface area contributed by atoms with Crippen LogP contribution in [0.4, 0.5) is 4.39 Å². The molecule has 27 heavy (non-hydrogen) atoms. The van der Waals surface area contributed by atoms with Gasteiger partial charge in [0.25, 0.3) is 0 Å². The lowest BCUT2D eigenvalue weighted by Gasteiger charge is -2.08. The maximum Gasteiger partial charge on any atom is 0.189 e. The summed E-state index contributed by atoms with van der Waals surface area (Å²) in [5, 5.41) is 7.16. The Balaban J connectivity index is 1.63. The average Bonchev–Trinajstić information content (AvgIpc) is 3.26. The van der Waals surface area contributed by atoms with E-state index >= 15 is 0 Å². The summed E-state index contributed by atoms with van der Waals surface area (Å²) < 4.78 is 23.7. The molecule has 0 amide bonds. The number of ketones is 1. The van der Waals surface area contributed by atoms with Crippen LogP contribution >= 0.6 is 0 Å². The van der Waals surface area contributed by atoms with Gasteiger partial charge < -0.3 is 9.47 Å². The first kappa shape index (κ1) is 17.0. The van der Waals surface area contributed by atoms with Crippen molar-refractivity contribution in [2.45, 2.75) is 6.42 Å². The van der Waals surface area contributed by atoms with Crippen molar-refractivity contribution in [3.05, 3.63) is 70.7 Å². The lowest BCUT2D eigenvalue weighted by atomic mass is 10.1. The summed E-state index contributed by atoms with van der Waals surface area (Å²) in [7, 11) is 3.11. The number of carbonyl (C=O) groups excluding carboxylic acids is 1. The molecule has 0 saturated heterocycles. The van der Waals surface area contributed by atoms with Crippen molar-refractivity contribution in [2.75, 3.05) is 14.2 Å². The first-order valence-corrected chi connectivity index (χ1v) is 8.40. The quantitative estimate of drug-likeness (QED) is 0.709. The number of hydrogen-bond acceptors (Lipinski definition) is 4. The zero-order valence-electron chi connectivity index (χ0n) is 14.9. The van der Waals surface area contributed by atoms with Gasteiger partial charge in [0.05, 0.1) is 25.6 Å². The molecule has 1 aromatic heterocycles. The number of nitrogens with zero attached hydrogens (tertiary/aromatic N) is 1. The zero-order chi connectivity index (χ0) is 19.0. The number of H-pyrrole nitrogens is 1. The molecular weight excluding hydrogens is 347 g/mol. The predicted molar refractivity (Wildman–Crippen MR) is 99.5 cm³/mol. The molecular formula is C21H17FN2O3. The fourth-order valence-electron chi connectivity index (χ4n) is 3.22. The lowest BCUT2D eigenvalue weighted by Crippen LogP contribution is -1.97. The first-order valence-electron chi connectivity index (χ1n) is 8.40. The summed E-state index contributed by atoms with van der Waals surface area (Å²) in [6.45, 7) is 0. The minimum Gasteiger partial charge on any atom is -0.493 e. The standard InChI is InChI=1S/C21H17FN2O3/c1-26-19-9-13-7-14(21(25)17(13)11-20(19)27-2)8-16-10-18(24-23-16)12-3-5-15(22)6-4-12/h3-6,8-11H,7H2,1-2H3,(H,23,24). The smallest absolute Gasteiger partial charge is 0.189 e. The van der Waals surface area contributed by atoms with Crippen LogP contribution in [0.3, 0.4) is 0 Å². The van der Waals surface area contributed by atoms with E-state index in [4.69, 9.17) is 9.47 Å². The van der Waals surface area contributed by atoms with Gasteiger partial charge in [-0.2, -0.15) is 5.10 Å². The highest BCUT2D eigenvalue weighted by Crippen LogP contribution is 2.37. The zero-order valence-corrected chi connectivity index (χ0v) is 14.9. The normalized spacial score (nSPS) is 14.5. The van der Waals surface area contributed by atoms with E-state index in [2.05, 4.69) is 10.2 Å². The van der Waals surface area contributed by atoms with Crippen LogP contribution < -0.4 is 9.47 Å². The Labute approximate surface area is 155 Å². The van der Waals surface area contributed by atoms with Crippen LogP contribution in [0.1, 0.15) is 21.6 Å². The fourth-order valence-corrected chi connectivity index (χ4v) is 3.22. The van der Waals surface area contributed by atoms with Crippen molar-refractivity contribution in [1.29, 1.82) is 0 Å². The van der Waals surface area contributed by atoms with Crippen LogP contribution in [-0.2, 0) is 6.42 Å². The van der Waals surface area contributed by atoms with Crippen LogP contribution in [0.15, 0.2) is 48.0 Å². The molecule has 1 aliphatic carbocycles. The number of aromatic amines is 1. The van der Waals surface area contributed by atoms with Gasteiger partial charge in [0.1, 0.15) is 5.82 Å². The summed E-state index contributed by atoms with van der Waals surface area (Å²) in [6.07, 6.45) is 2.31. The summed E-state index contributed by atoms with van der Waals surface area (Å²) in [5.41, 5.74) is 4.39. The number of ether oxygens (including phenoxy) is 2. The second-order valence-electron chi connectivity index (χ2n) is 6.26. The molecule has 6 heteroatoms. The van der Waals surface area contributed by atoms with Crippen molar-refractivity contribution in [1.82, 2.24) is 10.2 Å². The van der Waals surface area contributed by atoms with E-state index in [1.807, 2.05) is 12.1 Å². The fraction of sp³-hybridized carbons (Fsp3) is 0.143. The number of Topliss-reactive ketones (excluding diaryl/α,β-unsaturated/α-hetero) is 1. The number of rotatable bonds is 4. The van der Waals surface area contributed by atoms with E-state index in [0.29, 0.717) is 40.4 Å². The van der Waals surface area contributed by atoms with Gasteiger partial charge in [-0.15, -0.1) is 0 Å². The van der Waals surface area contributed by atoms with Gasteiger partial charge in [-0.1, -0.05) is 0 Å². The van der Waals surface area contributed by atoms with E-state index in [-0.39, 0.29) is 11.6 Å². The van der Waals surface area contributed by atoms with Crippen LogP contribution in [0.2, 0.25) is 0 Å². The Bertz CT molecular complexity index is 1050.